The Bertz CT molecular complexity index is 975. The fraction of sp³-hybridized carbons (Fsp3) is 0.524. The van der Waals surface area contributed by atoms with Gasteiger partial charge in [0.2, 0.25) is 5.13 Å². The summed E-state index contributed by atoms with van der Waals surface area (Å²) >= 11 is 1.46. The SMILES string of the molecule is CC.CC(C)C.NC(=O)c1cnn2cc(-c3nnc(NC4CCOCC4)s3)cc2c1N. The smallest absolute Gasteiger partial charge is 0.252 e. The number of rotatable bonds is 4. The first-order chi connectivity index (χ1) is 14.8. The number of anilines is 2. The predicted octanol–water partition coefficient (Wildman–Crippen LogP) is 3.81. The lowest BCUT2D eigenvalue weighted by Gasteiger charge is -2.22. The number of nitrogens with one attached hydrogen (secondary N) is 1. The van der Waals surface area contributed by atoms with E-state index in [0.717, 1.165) is 47.7 Å². The van der Waals surface area contributed by atoms with Gasteiger partial charge in [0.1, 0.15) is 0 Å². The summed E-state index contributed by atoms with van der Waals surface area (Å²) < 4.78 is 6.96. The fourth-order valence-electron chi connectivity index (χ4n) is 2.80. The Labute approximate surface area is 187 Å². The van der Waals surface area contributed by atoms with Crippen LogP contribution in [0.5, 0.6) is 0 Å². The third-order valence-electron chi connectivity index (χ3n) is 4.16. The molecule has 1 fully saturated rings. The molecule has 0 aliphatic carbocycles. The van der Waals surface area contributed by atoms with Gasteiger partial charge in [-0.25, -0.2) is 4.52 Å². The highest BCUT2D eigenvalue weighted by Gasteiger charge is 2.17. The number of primary amides is 1. The van der Waals surface area contributed by atoms with E-state index in [-0.39, 0.29) is 5.56 Å². The first-order valence-corrected chi connectivity index (χ1v) is 11.4. The Morgan fingerprint density at radius 2 is 1.90 bits per heavy atom. The van der Waals surface area contributed by atoms with Crippen molar-refractivity contribution in [3.63, 3.8) is 0 Å². The molecule has 1 aliphatic heterocycles. The van der Waals surface area contributed by atoms with Crippen molar-refractivity contribution in [1.82, 2.24) is 19.8 Å². The molecule has 0 atom stereocenters. The van der Waals surface area contributed by atoms with Gasteiger partial charge in [0, 0.05) is 31.0 Å². The summed E-state index contributed by atoms with van der Waals surface area (Å²) in [6.45, 7) is 12.0. The molecule has 0 radical (unpaired) electrons. The highest BCUT2D eigenvalue weighted by atomic mass is 32.1. The highest BCUT2D eigenvalue weighted by Crippen LogP contribution is 2.31. The lowest BCUT2D eigenvalue weighted by atomic mass is 10.1. The number of carbonyl (C=O) groups excluding carboxylic acids is 1. The first kappa shape index (κ1) is 24.5. The van der Waals surface area contributed by atoms with Crippen molar-refractivity contribution in [1.29, 1.82) is 0 Å². The van der Waals surface area contributed by atoms with Gasteiger partial charge in [0.05, 0.1) is 23.0 Å². The number of ether oxygens (including phenoxy) is 1. The van der Waals surface area contributed by atoms with Gasteiger partial charge in [-0.05, 0) is 24.8 Å². The maximum absolute atomic E-state index is 11.4. The number of carbonyl (C=O) groups is 1. The van der Waals surface area contributed by atoms with Crippen LogP contribution in [0.2, 0.25) is 0 Å². The molecule has 9 nitrogen and oxygen atoms in total. The molecule has 0 aromatic carbocycles. The van der Waals surface area contributed by atoms with E-state index in [0.29, 0.717) is 17.2 Å². The number of nitrogens with two attached hydrogens (primary N) is 2. The number of aromatic nitrogens is 4. The van der Waals surface area contributed by atoms with Gasteiger partial charge in [0.15, 0.2) is 5.01 Å². The number of hydrogen-bond acceptors (Lipinski definition) is 8. The molecule has 3 aromatic rings. The molecule has 3 aromatic heterocycles. The van der Waals surface area contributed by atoms with Gasteiger partial charge >= 0.3 is 0 Å². The van der Waals surface area contributed by atoms with E-state index in [1.54, 1.807) is 10.7 Å². The summed E-state index contributed by atoms with van der Waals surface area (Å²) in [6, 6.07) is 2.19. The van der Waals surface area contributed by atoms with E-state index < -0.39 is 5.91 Å². The molecule has 31 heavy (non-hydrogen) atoms. The monoisotopic (exact) mass is 447 g/mol. The molecule has 0 bridgehead atoms. The van der Waals surface area contributed by atoms with Crippen molar-refractivity contribution in [2.75, 3.05) is 24.3 Å². The molecule has 1 aliphatic rings. The molecule has 4 heterocycles. The van der Waals surface area contributed by atoms with E-state index in [2.05, 4.69) is 41.4 Å². The highest BCUT2D eigenvalue weighted by molar-refractivity contribution is 7.18. The number of hydrogen-bond donors (Lipinski definition) is 3. The van der Waals surface area contributed by atoms with Gasteiger partial charge in [-0.2, -0.15) is 5.10 Å². The average molecular weight is 448 g/mol. The lowest BCUT2D eigenvalue weighted by Crippen LogP contribution is -2.27. The summed E-state index contributed by atoms with van der Waals surface area (Å²) in [6.07, 6.45) is 5.09. The second kappa shape index (κ2) is 11.6. The Hall–Kier alpha value is -2.72. The zero-order chi connectivity index (χ0) is 23.0. The third kappa shape index (κ3) is 6.63. The second-order valence-corrected chi connectivity index (χ2v) is 8.55. The topological polar surface area (TPSA) is 133 Å². The maximum Gasteiger partial charge on any atom is 0.252 e. The second-order valence-electron chi connectivity index (χ2n) is 7.57. The zero-order valence-electron chi connectivity index (χ0n) is 18.9. The maximum atomic E-state index is 11.4. The van der Waals surface area contributed by atoms with E-state index in [1.165, 1.54) is 17.5 Å². The van der Waals surface area contributed by atoms with Crippen molar-refractivity contribution in [2.24, 2.45) is 11.7 Å². The van der Waals surface area contributed by atoms with E-state index in [1.807, 2.05) is 19.9 Å². The summed E-state index contributed by atoms with van der Waals surface area (Å²) in [5, 5.41) is 17.5. The minimum absolute atomic E-state index is 0.205. The van der Waals surface area contributed by atoms with Gasteiger partial charge in [-0.15, -0.1) is 10.2 Å². The van der Waals surface area contributed by atoms with Crippen LogP contribution in [0.4, 0.5) is 10.8 Å². The summed E-state index contributed by atoms with van der Waals surface area (Å²) in [5.41, 5.74) is 13.3. The minimum atomic E-state index is -0.603. The summed E-state index contributed by atoms with van der Waals surface area (Å²) in [7, 11) is 0. The van der Waals surface area contributed by atoms with Crippen molar-refractivity contribution >= 4 is 33.6 Å². The third-order valence-corrected chi connectivity index (χ3v) is 5.07. The van der Waals surface area contributed by atoms with Crippen LogP contribution in [0.15, 0.2) is 18.5 Å². The van der Waals surface area contributed by atoms with E-state index in [9.17, 15) is 4.79 Å². The Morgan fingerprint density at radius 3 is 2.52 bits per heavy atom. The Balaban J connectivity index is 0.000000513. The molecule has 5 N–H and O–H groups in total. The largest absolute Gasteiger partial charge is 0.396 e. The summed E-state index contributed by atoms with van der Waals surface area (Å²) in [4.78, 5) is 11.4. The fourth-order valence-corrected chi connectivity index (χ4v) is 3.61. The predicted molar refractivity (Wildman–Crippen MR) is 126 cm³/mol. The van der Waals surface area contributed by atoms with Crippen molar-refractivity contribution in [3.8, 4) is 10.6 Å². The molecular weight excluding hydrogens is 414 g/mol. The van der Waals surface area contributed by atoms with Gasteiger partial charge in [-0.3, -0.25) is 4.79 Å². The molecule has 170 valence electrons. The van der Waals surface area contributed by atoms with E-state index >= 15 is 0 Å². The first-order valence-electron chi connectivity index (χ1n) is 10.6. The molecule has 0 saturated carbocycles. The number of nitrogen functional groups attached to an aromatic ring is 1. The molecule has 4 rings (SSSR count). The summed E-state index contributed by atoms with van der Waals surface area (Å²) in [5.74, 6) is 0.231. The quantitative estimate of drug-likeness (QED) is 0.553. The van der Waals surface area contributed by atoms with Crippen LogP contribution in [0.3, 0.4) is 0 Å². The minimum Gasteiger partial charge on any atom is -0.396 e. The van der Waals surface area contributed by atoms with Crippen molar-refractivity contribution in [2.45, 2.75) is 53.5 Å². The zero-order valence-corrected chi connectivity index (χ0v) is 19.7. The van der Waals surface area contributed by atoms with Crippen LogP contribution in [-0.4, -0.2) is 45.0 Å². The van der Waals surface area contributed by atoms with Gasteiger partial charge in [-0.1, -0.05) is 46.0 Å². The van der Waals surface area contributed by atoms with Crippen LogP contribution in [0, 0.1) is 5.92 Å². The van der Waals surface area contributed by atoms with Crippen molar-refractivity contribution in [3.05, 3.63) is 24.0 Å². The number of amides is 1. The van der Waals surface area contributed by atoms with Crippen LogP contribution >= 0.6 is 11.3 Å². The van der Waals surface area contributed by atoms with Gasteiger partial charge in [0.25, 0.3) is 5.91 Å². The van der Waals surface area contributed by atoms with Crippen LogP contribution < -0.4 is 16.8 Å². The van der Waals surface area contributed by atoms with E-state index in [4.69, 9.17) is 16.2 Å². The van der Waals surface area contributed by atoms with Crippen LogP contribution in [-0.2, 0) is 4.74 Å². The molecule has 0 unspecified atom stereocenters. The number of fused-ring (bicyclic) bond motifs is 1. The molecule has 10 heteroatoms. The van der Waals surface area contributed by atoms with Crippen molar-refractivity contribution < 1.29 is 9.53 Å². The number of nitrogens with zero attached hydrogens (tertiary/aromatic N) is 4. The molecular formula is C21H33N7O2S. The molecule has 1 amide bonds. The molecule has 1 saturated heterocycles. The average Bonchev–Trinajstić information content (AvgIpc) is 3.37. The normalized spacial score (nSPS) is 13.9. The van der Waals surface area contributed by atoms with Gasteiger partial charge < -0.3 is 21.5 Å². The van der Waals surface area contributed by atoms with Crippen LogP contribution in [0.25, 0.3) is 16.1 Å². The lowest BCUT2D eigenvalue weighted by molar-refractivity contribution is 0.0904. The Morgan fingerprint density at radius 1 is 1.26 bits per heavy atom. The Kier molecular flexibility index (Phi) is 9.20. The van der Waals surface area contributed by atoms with Crippen LogP contribution in [0.1, 0.15) is 57.8 Å². The standard InChI is InChI=1S/C15H17N7O2S.C4H10.C2H6/c16-12-10(13(17)23)6-18-22-7-8(5-11(12)22)14-20-21-15(25-14)19-9-1-3-24-4-2-9;1-4(2)3;1-2/h5-7,9H,1-4,16H2,(H2,17,23)(H,19,21);4H,1-3H3;1-2H3. The molecule has 0 spiro atoms.